The molecule has 0 aromatic carbocycles. The summed E-state index contributed by atoms with van der Waals surface area (Å²) in [4.78, 5) is 23.2. The Morgan fingerprint density at radius 1 is 0.515 bits per heavy atom. The van der Waals surface area contributed by atoms with E-state index in [1.54, 1.807) is 6.08 Å². The van der Waals surface area contributed by atoms with E-state index in [9.17, 15) is 19.4 Å². The third kappa shape index (κ3) is 51.5. The van der Waals surface area contributed by atoms with Crippen LogP contribution in [0.3, 0.4) is 0 Å². The second-order valence-electron chi connectivity index (χ2n) is 19.9. The van der Waals surface area contributed by atoms with Crippen LogP contribution in [0.1, 0.15) is 232 Å². The molecule has 0 rings (SSSR count). The topological polar surface area (TPSA) is 105 Å². The van der Waals surface area contributed by atoms with Gasteiger partial charge in [-0.05, 0) is 70.6 Å². The predicted molar refractivity (Wildman–Crippen MR) is 295 cm³/mol. The third-order valence-electron chi connectivity index (χ3n) is 12.1. The lowest BCUT2D eigenvalue weighted by atomic mass is 10.0. The monoisotopic (exact) mass is 972 g/mol. The summed E-state index contributed by atoms with van der Waals surface area (Å²) in [5.41, 5.74) is 0. The number of phosphoric ester groups is 1. The molecule has 0 aliphatic heterocycles. The van der Waals surface area contributed by atoms with Crippen LogP contribution in [0.15, 0.2) is 85.1 Å². The molecule has 3 unspecified atom stereocenters. The van der Waals surface area contributed by atoms with Crippen LogP contribution in [0, 0.1) is 0 Å². The van der Waals surface area contributed by atoms with E-state index in [-0.39, 0.29) is 19.1 Å². The summed E-state index contributed by atoms with van der Waals surface area (Å²) in [6.07, 6.45) is 69.9. The molecule has 0 aliphatic carbocycles. The lowest BCUT2D eigenvalue weighted by Gasteiger charge is -2.25. The van der Waals surface area contributed by atoms with Gasteiger partial charge in [0.1, 0.15) is 13.2 Å². The molecule has 394 valence electrons. The molecule has 0 bridgehead atoms. The van der Waals surface area contributed by atoms with Gasteiger partial charge in [0.15, 0.2) is 0 Å². The molecule has 0 aromatic rings. The number of allylic oxidation sites excluding steroid dienone is 13. The predicted octanol–water partition coefficient (Wildman–Crippen LogP) is 16.9. The van der Waals surface area contributed by atoms with E-state index in [0.29, 0.717) is 17.4 Å². The molecule has 1 amide bonds. The summed E-state index contributed by atoms with van der Waals surface area (Å²) >= 11 is 0. The van der Waals surface area contributed by atoms with Crippen molar-refractivity contribution >= 4 is 13.7 Å². The highest BCUT2D eigenvalue weighted by molar-refractivity contribution is 7.47. The second kappa shape index (κ2) is 49.7. The van der Waals surface area contributed by atoms with Crippen molar-refractivity contribution in [3.8, 4) is 0 Å². The van der Waals surface area contributed by atoms with E-state index in [1.807, 2.05) is 27.2 Å². The van der Waals surface area contributed by atoms with Crippen LogP contribution in [0.25, 0.3) is 0 Å². The Balaban J connectivity index is 3.92. The van der Waals surface area contributed by atoms with E-state index in [2.05, 4.69) is 92.1 Å². The molecule has 8 nitrogen and oxygen atoms in total. The number of rotatable bonds is 50. The number of aliphatic hydroxyl groups is 1. The van der Waals surface area contributed by atoms with Crippen molar-refractivity contribution in [2.24, 2.45) is 0 Å². The van der Waals surface area contributed by atoms with Gasteiger partial charge >= 0.3 is 7.82 Å². The van der Waals surface area contributed by atoms with Gasteiger partial charge in [0.25, 0.3) is 0 Å². The third-order valence-corrected chi connectivity index (χ3v) is 13.1. The summed E-state index contributed by atoms with van der Waals surface area (Å²) in [5.74, 6) is -0.180. The van der Waals surface area contributed by atoms with E-state index < -0.39 is 20.0 Å². The number of nitrogens with zero attached hydrogens (tertiary/aromatic N) is 1. The Morgan fingerprint density at radius 2 is 0.882 bits per heavy atom. The molecular weight excluding hydrogens is 864 g/mol. The van der Waals surface area contributed by atoms with E-state index >= 15 is 0 Å². The Labute approximate surface area is 420 Å². The lowest BCUT2D eigenvalue weighted by molar-refractivity contribution is -0.870. The standard InChI is InChI=1S/C59H107N2O6P/c1-6-8-10-12-14-16-17-18-19-20-21-22-23-24-25-26-27-28-29-30-31-32-33-34-35-36-37-38-39-40-41-42-43-45-47-49-51-53-59(63)60-57(56-67-68(64,65)66-55-54-61(3,4)5)58(62)52-50-48-46-44-15-13-11-9-7-2/h8,10,14,16,18-19,21-22,24-25,27-28,50,52,57-58,62H,6-7,9,11-13,15,17,20,23,26,29-49,51,53-56H2,1-5H3,(H-,60,63,64,65)/p+1/b10-8-,16-14-,19-18-,22-21-,25-24-,28-27-,52-50+. The van der Waals surface area contributed by atoms with Gasteiger partial charge in [0.05, 0.1) is 39.9 Å². The average molecular weight is 972 g/mol. The quantitative estimate of drug-likeness (QED) is 0.0243. The molecule has 3 atom stereocenters. The number of quaternary nitrogens is 1. The maximum Gasteiger partial charge on any atom is 0.472 e. The van der Waals surface area contributed by atoms with Gasteiger partial charge in [0, 0.05) is 6.42 Å². The van der Waals surface area contributed by atoms with Crippen LogP contribution >= 0.6 is 7.82 Å². The molecule has 0 fully saturated rings. The van der Waals surface area contributed by atoms with Crippen LogP contribution in [0.4, 0.5) is 0 Å². The number of aliphatic hydroxyl groups excluding tert-OH is 1. The highest BCUT2D eigenvalue weighted by Gasteiger charge is 2.27. The number of carbonyl (C=O) groups excluding carboxylic acids is 1. The van der Waals surface area contributed by atoms with Gasteiger partial charge in [-0.1, -0.05) is 240 Å². The van der Waals surface area contributed by atoms with Gasteiger partial charge in [-0.3, -0.25) is 13.8 Å². The van der Waals surface area contributed by atoms with Gasteiger partial charge in [-0.25, -0.2) is 4.57 Å². The fraction of sp³-hybridized carbons (Fsp3) is 0.746. The fourth-order valence-electron chi connectivity index (χ4n) is 7.75. The summed E-state index contributed by atoms with van der Waals surface area (Å²) in [5, 5.41) is 13.8. The molecule has 0 saturated heterocycles. The van der Waals surface area contributed by atoms with Gasteiger partial charge in [-0.2, -0.15) is 0 Å². The van der Waals surface area contributed by atoms with Gasteiger partial charge in [0.2, 0.25) is 5.91 Å². The molecule has 0 radical (unpaired) electrons. The number of nitrogens with one attached hydrogen (secondary N) is 1. The minimum absolute atomic E-state index is 0.0598. The van der Waals surface area contributed by atoms with Crippen molar-refractivity contribution in [2.75, 3.05) is 40.9 Å². The normalized spacial score (nSPS) is 14.6. The van der Waals surface area contributed by atoms with Crippen molar-refractivity contribution in [2.45, 2.75) is 244 Å². The van der Waals surface area contributed by atoms with Crippen molar-refractivity contribution < 1.29 is 32.9 Å². The van der Waals surface area contributed by atoms with Gasteiger partial charge < -0.3 is 19.8 Å². The molecule has 68 heavy (non-hydrogen) atoms. The molecule has 0 spiro atoms. The summed E-state index contributed by atoms with van der Waals surface area (Å²) in [6.45, 7) is 4.67. The van der Waals surface area contributed by atoms with Crippen LogP contribution in [-0.4, -0.2) is 73.4 Å². The summed E-state index contributed by atoms with van der Waals surface area (Å²) in [6, 6.07) is -0.846. The molecule has 0 aromatic heterocycles. The summed E-state index contributed by atoms with van der Waals surface area (Å²) < 4.78 is 23.6. The first-order valence-electron chi connectivity index (χ1n) is 28.0. The Hall–Kier alpha value is -2.32. The van der Waals surface area contributed by atoms with Crippen LogP contribution in [0.2, 0.25) is 0 Å². The molecule has 0 heterocycles. The zero-order valence-corrected chi connectivity index (χ0v) is 45.7. The molecular formula is C59H108N2O6P+. The van der Waals surface area contributed by atoms with Crippen LogP contribution in [0.5, 0.6) is 0 Å². The maximum absolute atomic E-state index is 12.9. The first-order valence-corrected chi connectivity index (χ1v) is 29.5. The Kier molecular flexibility index (Phi) is 48.0. The molecule has 3 N–H and O–H groups in total. The van der Waals surface area contributed by atoms with E-state index in [4.69, 9.17) is 9.05 Å². The molecule has 9 heteroatoms. The number of hydrogen-bond acceptors (Lipinski definition) is 5. The van der Waals surface area contributed by atoms with E-state index in [1.165, 1.54) is 135 Å². The first-order chi connectivity index (χ1) is 33.0. The maximum atomic E-state index is 12.9. The largest absolute Gasteiger partial charge is 0.472 e. The first kappa shape index (κ1) is 65.7. The average Bonchev–Trinajstić information content (AvgIpc) is 3.30. The zero-order chi connectivity index (χ0) is 49.9. The van der Waals surface area contributed by atoms with Crippen molar-refractivity contribution in [1.29, 1.82) is 0 Å². The number of unbranched alkanes of at least 4 members (excludes halogenated alkanes) is 25. The minimum Gasteiger partial charge on any atom is -0.387 e. The SMILES string of the molecule is CC/C=C\C/C=C\C/C=C\C/C=C\C/C=C\C/C=C\CCCCCCCCCCCCCCCCCCCCC(=O)NC(COP(=O)(O)OCC[N+](C)(C)C)C(O)/C=C/CCCCCCCCC. The number of likely N-dealkylation sites (N-methyl/N-ethyl adjacent to an activating group) is 1. The number of amides is 1. The number of hydrogen-bond donors (Lipinski definition) is 3. The van der Waals surface area contributed by atoms with Crippen molar-refractivity contribution in [3.63, 3.8) is 0 Å². The van der Waals surface area contributed by atoms with Gasteiger partial charge in [-0.15, -0.1) is 0 Å². The highest BCUT2D eigenvalue weighted by atomic mass is 31.2. The number of phosphoric acid groups is 1. The van der Waals surface area contributed by atoms with Crippen LogP contribution < -0.4 is 5.32 Å². The smallest absolute Gasteiger partial charge is 0.387 e. The van der Waals surface area contributed by atoms with Crippen molar-refractivity contribution in [1.82, 2.24) is 5.32 Å². The molecule has 0 saturated carbocycles. The lowest BCUT2D eigenvalue weighted by Crippen LogP contribution is -2.45. The van der Waals surface area contributed by atoms with E-state index in [0.717, 1.165) is 77.0 Å². The van der Waals surface area contributed by atoms with Crippen molar-refractivity contribution in [3.05, 3.63) is 85.1 Å². The molecule has 0 aliphatic rings. The highest BCUT2D eigenvalue weighted by Crippen LogP contribution is 2.43. The Morgan fingerprint density at radius 3 is 1.29 bits per heavy atom. The minimum atomic E-state index is -4.34. The fourth-order valence-corrected chi connectivity index (χ4v) is 8.49. The van der Waals surface area contributed by atoms with Crippen LogP contribution in [-0.2, 0) is 18.4 Å². The second-order valence-corrected chi connectivity index (χ2v) is 21.4. The Bertz CT molecular complexity index is 1380. The zero-order valence-electron chi connectivity index (χ0n) is 44.8. The number of carbonyl (C=O) groups is 1. The summed E-state index contributed by atoms with van der Waals surface area (Å²) in [7, 11) is 1.57.